The van der Waals surface area contributed by atoms with Crippen LogP contribution in [0.2, 0.25) is 0 Å². The number of benzene rings is 2. The average Bonchev–Trinajstić information content (AvgIpc) is 3.23. The van der Waals surface area contributed by atoms with E-state index >= 15 is 0 Å². The maximum absolute atomic E-state index is 12.8. The van der Waals surface area contributed by atoms with Gasteiger partial charge in [0.15, 0.2) is 0 Å². The van der Waals surface area contributed by atoms with Gasteiger partial charge in [-0.15, -0.1) is 0 Å². The highest BCUT2D eigenvalue weighted by molar-refractivity contribution is 9.10. The fraction of sp³-hybridized carbons (Fsp3) is 0.318. The van der Waals surface area contributed by atoms with Crippen LogP contribution in [0, 0.1) is 12.8 Å². The number of hydrogen-bond acceptors (Lipinski definition) is 5. The van der Waals surface area contributed by atoms with Crippen LogP contribution in [0.25, 0.3) is 11.4 Å². The van der Waals surface area contributed by atoms with Gasteiger partial charge < -0.3 is 14.5 Å². The highest BCUT2D eigenvalue weighted by Crippen LogP contribution is 2.32. The van der Waals surface area contributed by atoms with Gasteiger partial charge in [0, 0.05) is 18.7 Å². The molecule has 0 bridgehead atoms. The Balaban J connectivity index is 1.40. The van der Waals surface area contributed by atoms with Crippen LogP contribution in [0.3, 0.4) is 0 Å². The number of phenolic OH excluding ortho intramolecular Hbond substituents is 1. The number of phenols is 1. The van der Waals surface area contributed by atoms with Crippen molar-refractivity contribution in [3.8, 4) is 17.1 Å². The lowest BCUT2D eigenvalue weighted by Crippen LogP contribution is -2.39. The Kier molecular flexibility index (Phi) is 5.67. The molecule has 0 radical (unpaired) electrons. The summed E-state index contributed by atoms with van der Waals surface area (Å²) in [6.07, 6.45) is 2.97. The number of amides is 1. The molecule has 0 spiro atoms. The number of rotatable bonds is 4. The van der Waals surface area contributed by atoms with Crippen molar-refractivity contribution in [1.29, 1.82) is 0 Å². The van der Waals surface area contributed by atoms with Crippen molar-refractivity contribution in [2.75, 3.05) is 13.1 Å². The SMILES string of the molecule is Cc1cc(-c2noc(C(=O)N3CCC(Cc4ccccc4)CC3)n2)cc(Br)c1O. The minimum absolute atomic E-state index is 0.00311. The number of aromatic nitrogens is 2. The zero-order chi connectivity index (χ0) is 20.4. The second-order valence-electron chi connectivity index (χ2n) is 7.47. The number of likely N-dealkylation sites (tertiary alicyclic amines) is 1. The van der Waals surface area contributed by atoms with Crippen LogP contribution in [0.4, 0.5) is 0 Å². The van der Waals surface area contributed by atoms with Gasteiger partial charge in [0.1, 0.15) is 5.75 Å². The van der Waals surface area contributed by atoms with Gasteiger partial charge in [-0.25, -0.2) is 0 Å². The molecular weight excluding hydrogens is 434 g/mol. The van der Waals surface area contributed by atoms with E-state index in [1.54, 1.807) is 24.0 Å². The van der Waals surface area contributed by atoms with Crippen LogP contribution in [0.5, 0.6) is 5.75 Å². The maximum atomic E-state index is 12.8. The van der Waals surface area contributed by atoms with Gasteiger partial charge in [-0.1, -0.05) is 35.5 Å². The van der Waals surface area contributed by atoms with Crippen molar-refractivity contribution in [3.05, 3.63) is 64.0 Å². The van der Waals surface area contributed by atoms with E-state index in [2.05, 4.69) is 50.3 Å². The summed E-state index contributed by atoms with van der Waals surface area (Å²) in [7, 11) is 0. The van der Waals surface area contributed by atoms with Crippen LogP contribution in [-0.4, -0.2) is 39.1 Å². The Morgan fingerprint density at radius 3 is 2.66 bits per heavy atom. The molecule has 0 unspecified atom stereocenters. The predicted molar refractivity (Wildman–Crippen MR) is 113 cm³/mol. The Hall–Kier alpha value is -2.67. The number of carbonyl (C=O) groups is 1. The third-order valence-electron chi connectivity index (χ3n) is 5.39. The summed E-state index contributed by atoms with van der Waals surface area (Å²) in [5.41, 5.74) is 2.71. The first-order chi connectivity index (χ1) is 14.0. The van der Waals surface area contributed by atoms with Gasteiger partial charge in [-0.2, -0.15) is 4.98 Å². The van der Waals surface area contributed by atoms with E-state index in [1.165, 1.54) is 5.56 Å². The molecule has 2 aromatic carbocycles. The number of nitrogens with zero attached hydrogens (tertiary/aromatic N) is 3. The van der Waals surface area contributed by atoms with Gasteiger partial charge in [-0.3, -0.25) is 4.79 Å². The van der Waals surface area contributed by atoms with E-state index in [9.17, 15) is 9.90 Å². The van der Waals surface area contributed by atoms with E-state index in [0.717, 1.165) is 19.3 Å². The molecule has 0 atom stereocenters. The minimum atomic E-state index is -0.225. The first-order valence-corrected chi connectivity index (χ1v) is 10.5. The average molecular weight is 456 g/mol. The van der Waals surface area contributed by atoms with Crippen molar-refractivity contribution < 1.29 is 14.4 Å². The molecule has 7 heteroatoms. The first-order valence-electron chi connectivity index (χ1n) is 9.67. The molecule has 1 aromatic heterocycles. The van der Waals surface area contributed by atoms with Crippen molar-refractivity contribution in [1.82, 2.24) is 15.0 Å². The molecule has 1 fully saturated rings. The van der Waals surface area contributed by atoms with Crippen LogP contribution < -0.4 is 0 Å². The van der Waals surface area contributed by atoms with E-state index in [4.69, 9.17) is 4.52 Å². The molecule has 1 amide bonds. The van der Waals surface area contributed by atoms with Crippen LogP contribution in [-0.2, 0) is 6.42 Å². The van der Waals surface area contributed by atoms with Gasteiger partial charge in [-0.05, 0) is 71.3 Å². The molecule has 1 N–H and O–H groups in total. The van der Waals surface area contributed by atoms with Gasteiger partial charge in [0.25, 0.3) is 0 Å². The van der Waals surface area contributed by atoms with Crippen LogP contribution >= 0.6 is 15.9 Å². The molecule has 1 aliphatic heterocycles. The quantitative estimate of drug-likeness (QED) is 0.621. The Morgan fingerprint density at radius 2 is 1.97 bits per heavy atom. The molecule has 0 saturated carbocycles. The monoisotopic (exact) mass is 455 g/mol. The standard InChI is InChI=1S/C22H22BrN3O3/c1-14-11-17(13-18(23)19(14)27)20-24-21(29-25-20)22(28)26-9-7-16(8-10-26)12-15-5-3-2-4-6-15/h2-6,11,13,16,27H,7-10,12H2,1H3. The zero-order valence-corrected chi connectivity index (χ0v) is 17.7. The van der Waals surface area contributed by atoms with E-state index < -0.39 is 0 Å². The lowest BCUT2D eigenvalue weighted by Gasteiger charge is -2.31. The van der Waals surface area contributed by atoms with Gasteiger partial charge in [0.2, 0.25) is 5.82 Å². The molecule has 3 aromatic rings. The number of halogens is 1. The lowest BCUT2D eigenvalue weighted by atomic mass is 9.90. The fourth-order valence-corrected chi connectivity index (χ4v) is 4.28. The summed E-state index contributed by atoms with van der Waals surface area (Å²) in [6, 6.07) is 13.9. The van der Waals surface area contributed by atoms with Crippen molar-refractivity contribution in [2.45, 2.75) is 26.2 Å². The van der Waals surface area contributed by atoms with Crippen molar-refractivity contribution in [2.24, 2.45) is 5.92 Å². The Morgan fingerprint density at radius 1 is 1.24 bits per heavy atom. The van der Waals surface area contributed by atoms with Crippen LogP contribution in [0.15, 0.2) is 51.5 Å². The lowest BCUT2D eigenvalue weighted by molar-refractivity contribution is 0.0640. The summed E-state index contributed by atoms with van der Waals surface area (Å²) in [6.45, 7) is 3.17. The largest absolute Gasteiger partial charge is 0.506 e. The summed E-state index contributed by atoms with van der Waals surface area (Å²) < 4.78 is 5.78. The molecule has 2 heterocycles. The number of piperidine rings is 1. The summed E-state index contributed by atoms with van der Waals surface area (Å²) in [4.78, 5) is 18.8. The minimum Gasteiger partial charge on any atom is -0.506 e. The van der Waals surface area contributed by atoms with E-state index in [1.807, 2.05) is 6.07 Å². The van der Waals surface area contributed by atoms with Gasteiger partial charge in [0.05, 0.1) is 4.47 Å². The smallest absolute Gasteiger partial charge is 0.316 e. The van der Waals surface area contributed by atoms with Crippen LogP contribution in [0.1, 0.15) is 34.7 Å². The number of carbonyl (C=O) groups excluding carboxylic acids is 1. The fourth-order valence-electron chi connectivity index (χ4n) is 3.72. The van der Waals surface area contributed by atoms with E-state index in [0.29, 0.717) is 40.4 Å². The predicted octanol–water partition coefficient (Wildman–Crippen LogP) is 4.61. The molecule has 0 aliphatic carbocycles. The summed E-state index contributed by atoms with van der Waals surface area (Å²) in [5, 5.41) is 13.8. The molecule has 6 nitrogen and oxygen atoms in total. The molecule has 29 heavy (non-hydrogen) atoms. The Bertz CT molecular complexity index is 988. The third kappa shape index (κ3) is 4.34. The summed E-state index contributed by atoms with van der Waals surface area (Å²) >= 11 is 3.31. The highest BCUT2D eigenvalue weighted by Gasteiger charge is 2.27. The number of aryl methyl sites for hydroxylation is 1. The number of hydrogen-bond donors (Lipinski definition) is 1. The van der Waals surface area contributed by atoms with Gasteiger partial charge >= 0.3 is 11.8 Å². The highest BCUT2D eigenvalue weighted by atomic mass is 79.9. The molecule has 1 saturated heterocycles. The molecule has 4 rings (SSSR count). The van der Waals surface area contributed by atoms with Crippen molar-refractivity contribution in [3.63, 3.8) is 0 Å². The van der Waals surface area contributed by atoms with E-state index in [-0.39, 0.29) is 17.5 Å². The molecule has 150 valence electrons. The summed E-state index contributed by atoms with van der Waals surface area (Å²) in [5.74, 6) is 0.861. The maximum Gasteiger partial charge on any atom is 0.316 e. The first kappa shape index (κ1) is 19.6. The Labute approximate surface area is 177 Å². The van der Waals surface area contributed by atoms with Crippen molar-refractivity contribution >= 4 is 21.8 Å². The normalized spacial score (nSPS) is 14.9. The second-order valence-corrected chi connectivity index (χ2v) is 8.33. The topological polar surface area (TPSA) is 79.5 Å². The molecular formula is C22H22BrN3O3. The third-order valence-corrected chi connectivity index (χ3v) is 5.99. The molecule has 1 aliphatic rings. The number of aromatic hydroxyl groups is 1. The second kappa shape index (κ2) is 8.37. The zero-order valence-electron chi connectivity index (χ0n) is 16.1.